The van der Waals surface area contributed by atoms with Crippen molar-refractivity contribution in [1.29, 1.82) is 0 Å². The van der Waals surface area contributed by atoms with Crippen LogP contribution in [0.15, 0.2) is 53.8 Å². The average molecular weight is 283 g/mol. The number of nitrogens with zero attached hydrogens (tertiary/aromatic N) is 1. The van der Waals surface area contributed by atoms with Crippen molar-refractivity contribution in [2.24, 2.45) is 11.3 Å². The Bertz CT molecular complexity index is 573. The van der Waals surface area contributed by atoms with Crippen LogP contribution in [0.1, 0.15) is 37.6 Å². The van der Waals surface area contributed by atoms with Crippen LogP contribution in [0.2, 0.25) is 0 Å². The van der Waals surface area contributed by atoms with Crippen LogP contribution < -0.4 is 0 Å². The Morgan fingerprint density at radius 1 is 1.14 bits per heavy atom. The minimum Gasteiger partial charge on any atom is -0.378 e. The number of hydrogen-bond donors (Lipinski definition) is 0. The first-order valence-corrected chi connectivity index (χ1v) is 7.47. The van der Waals surface area contributed by atoms with E-state index in [0.29, 0.717) is 12.3 Å². The maximum absolute atomic E-state index is 12.5. The molecule has 21 heavy (non-hydrogen) atoms. The molecular weight excluding hydrogens is 258 g/mol. The molecule has 2 nitrogen and oxygen atoms in total. The number of hydrogen-bond acceptors (Lipinski definition) is 2. The van der Waals surface area contributed by atoms with Crippen molar-refractivity contribution in [3.63, 3.8) is 0 Å². The van der Waals surface area contributed by atoms with Gasteiger partial charge in [-0.05, 0) is 11.5 Å². The highest BCUT2D eigenvalue weighted by Gasteiger charge is 2.31. The molecule has 0 aromatic heterocycles. The number of likely N-dealkylation sites (N-methyl/N-ethyl adjacent to an activating group) is 1. The van der Waals surface area contributed by atoms with Crippen LogP contribution in [0.25, 0.3) is 0 Å². The SMILES string of the molecule is CN(C)C1=CC(C(C)(C)C)C(CC(=O)c2ccccc2)=C1. The molecule has 0 spiro atoms. The van der Waals surface area contributed by atoms with Gasteiger partial charge in [0.05, 0.1) is 0 Å². The lowest BCUT2D eigenvalue weighted by Gasteiger charge is -2.28. The van der Waals surface area contributed by atoms with Crippen LogP contribution in [0.4, 0.5) is 0 Å². The molecule has 1 atom stereocenters. The van der Waals surface area contributed by atoms with E-state index in [1.807, 2.05) is 44.4 Å². The average Bonchev–Trinajstić information content (AvgIpc) is 2.84. The first-order chi connectivity index (χ1) is 9.79. The third-order valence-electron chi connectivity index (χ3n) is 3.98. The number of benzene rings is 1. The number of rotatable bonds is 4. The molecule has 1 aliphatic carbocycles. The van der Waals surface area contributed by atoms with Crippen molar-refractivity contribution in [1.82, 2.24) is 4.90 Å². The van der Waals surface area contributed by atoms with Gasteiger partial charge >= 0.3 is 0 Å². The molecule has 1 aromatic carbocycles. The third-order valence-corrected chi connectivity index (χ3v) is 3.98. The molecule has 0 saturated carbocycles. The molecule has 0 fully saturated rings. The van der Waals surface area contributed by atoms with E-state index in [9.17, 15) is 4.79 Å². The van der Waals surface area contributed by atoms with Gasteiger partial charge in [0.1, 0.15) is 0 Å². The minimum absolute atomic E-state index is 0.126. The van der Waals surface area contributed by atoms with E-state index in [1.54, 1.807) is 0 Å². The molecule has 0 heterocycles. The lowest BCUT2D eigenvalue weighted by molar-refractivity contribution is 0.0988. The van der Waals surface area contributed by atoms with Crippen LogP contribution in [-0.4, -0.2) is 24.8 Å². The molecule has 112 valence electrons. The highest BCUT2D eigenvalue weighted by molar-refractivity contribution is 5.97. The predicted octanol–water partition coefficient (Wildman–Crippen LogP) is 4.31. The molecule has 2 heteroatoms. The van der Waals surface area contributed by atoms with Crippen LogP contribution in [0, 0.1) is 11.3 Å². The number of Topliss-reactive ketones (excluding diaryl/α,β-unsaturated/α-hetero) is 1. The van der Waals surface area contributed by atoms with Gasteiger partial charge in [0.15, 0.2) is 5.78 Å². The summed E-state index contributed by atoms with van der Waals surface area (Å²) in [6.45, 7) is 6.69. The second-order valence-electron chi connectivity index (χ2n) is 7.01. The predicted molar refractivity (Wildman–Crippen MR) is 88.2 cm³/mol. The lowest BCUT2D eigenvalue weighted by Crippen LogP contribution is -2.20. The van der Waals surface area contributed by atoms with Crippen molar-refractivity contribution in [2.75, 3.05) is 14.1 Å². The Kier molecular flexibility index (Phi) is 4.36. The van der Waals surface area contributed by atoms with Gasteiger partial charge in [0, 0.05) is 37.7 Å². The number of ketones is 1. The van der Waals surface area contributed by atoms with Crippen LogP contribution in [-0.2, 0) is 0 Å². The largest absolute Gasteiger partial charge is 0.378 e. The van der Waals surface area contributed by atoms with E-state index in [0.717, 1.165) is 5.56 Å². The van der Waals surface area contributed by atoms with Crippen molar-refractivity contribution in [3.8, 4) is 0 Å². The van der Waals surface area contributed by atoms with Gasteiger partial charge in [-0.25, -0.2) is 0 Å². The zero-order valence-electron chi connectivity index (χ0n) is 13.7. The molecule has 1 aromatic rings. The molecule has 2 rings (SSSR count). The highest BCUT2D eigenvalue weighted by Crippen LogP contribution is 2.40. The summed E-state index contributed by atoms with van der Waals surface area (Å²) in [7, 11) is 4.09. The number of carbonyl (C=O) groups excluding carboxylic acids is 1. The lowest BCUT2D eigenvalue weighted by atomic mass is 9.76. The maximum atomic E-state index is 12.5. The summed E-state index contributed by atoms with van der Waals surface area (Å²) in [6.07, 6.45) is 4.96. The molecule has 0 saturated heterocycles. The number of allylic oxidation sites excluding steroid dienone is 3. The van der Waals surface area contributed by atoms with Gasteiger partial charge in [0.25, 0.3) is 0 Å². The zero-order chi connectivity index (χ0) is 15.6. The summed E-state index contributed by atoms with van der Waals surface area (Å²) >= 11 is 0. The van der Waals surface area contributed by atoms with E-state index in [-0.39, 0.29) is 11.2 Å². The van der Waals surface area contributed by atoms with Gasteiger partial charge in [0.2, 0.25) is 0 Å². The molecule has 0 N–H and O–H groups in total. The monoisotopic (exact) mass is 283 g/mol. The first-order valence-electron chi connectivity index (χ1n) is 7.47. The van der Waals surface area contributed by atoms with Gasteiger partial charge in [-0.3, -0.25) is 4.79 Å². The summed E-state index contributed by atoms with van der Waals surface area (Å²) in [6, 6.07) is 9.56. The van der Waals surface area contributed by atoms with E-state index < -0.39 is 0 Å². The summed E-state index contributed by atoms with van der Waals surface area (Å²) in [5.41, 5.74) is 3.34. The fraction of sp³-hybridized carbons (Fsp3) is 0.421. The Hall–Kier alpha value is -1.83. The fourth-order valence-corrected chi connectivity index (χ4v) is 2.76. The Balaban J connectivity index is 2.22. The summed E-state index contributed by atoms with van der Waals surface area (Å²) in [5.74, 6) is 0.520. The van der Waals surface area contributed by atoms with E-state index in [2.05, 4.69) is 37.8 Å². The molecule has 0 amide bonds. The second-order valence-corrected chi connectivity index (χ2v) is 7.01. The molecule has 1 unspecified atom stereocenters. The van der Waals surface area contributed by atoms with Gasteiger partial charge < -0.3 is 4.90 Å². The molecule has 0 bridgehead atoms. The maximum Gasteiger partial charge on any atom is 0.166 e. The molecule has 1 aliphatic rings. The van der Waals surface area contributed by atoms with E-state index in [1.165, 1.54) is 11.3 Å². The summed E-state index contributed by atoms with van der Waals surface area (Å²) in [4.78, 5) is 14.6. The van der Waals surface area contributed by atoms with E-state index in [4.69, 9.17) is 0 Å². The van der Waals surface area contributed by atoms with Crippen molar-refractivity contribution < 1.29 is 4.79 Å². The van der Waals surface area contributed by atoms with Gasteiger partial charge in [-0.1, -0.05) is 62.8 Å². The molecular formula is C19H25NO. The third kappa shape index (κ3) is 3.63. The van der Waals surface area contributed by atoms with Crippen LogP contribution in [0.3, 0.4) is 0 Å². The summed E-state index contributed by atoms with van der Waals surface area (Å²) in [5, 5.41) is 0. The summed E-state index contributed by atoms with van der Waals surface area (Å²) < 4.78 is 0. The standard InChI is InChI=1S/C19H25NO/c1-19(2,3)17-13-16(20(4)5)11-15(17)12-18(21)14-9-7-6-8-10-14/h6-11,13,17H,12H2,1-5H3. The zero-order valence-corrected chi connectivity index (χ0v) is 13.7. The van der Waals surface area contributed by atoms with Crippen LogP contribution >= 0.6 is 0 Å². The molecule has 0 radical (unpaired) electrons. The van der Waals surface area contributed by atoms with Crippen molar-refractivity contribution >= 4 is 5.78 Å². The van der Waals surface area contributed by atoms with Crippen LogP contribution in [0.5, 0.6) is 0 Å². The first kappa shape index (κ1) is 15.6. The topological polar surface area (TPSA) is 20.3 Å². The highest BCUT2D eigenvalue weighted by atomic mass is 16.1. The van der Waals surface area contributed by atoms with Gasteiger partial charge in [-0.15, -0.1) is 0 Å². The van der Waals surface area contributed by atoms with Crippen molar-refractivity contribution in [2.45, 2.75) is 27.2 Å². The Morgan fingerprint density at radius 2 is 1.76 bits per heavy atom. The second kappa shape index (κ2) is 5.88. The molecule has 0 aliphatic heterocycles. The Morgan fingerprint density at radius 3 is 2.29 bits per heavy atom. The fourth-order valence-electron chi connectivity index (χ4n) is 2.76. The van der Waals surface area contributed by atoms with Crippen molar-refractivity contribution in [3.05, 3.63) is 59.3 Å². The van der Waals surface area contributed by atoms with Gasteiger partial charge in [-0.2, -0.15) is 0 Å². The minimum atomic E-state index is 0.126. The Labute approximate surface area is 128 Å². The quantitative estimate of drug-likeness (QED) is 0.768. The normalized spacial score (nSPS) is 18.2. The smallest absolute Gasteiger partial charge is 0.166 e. The van der Waals surface area contributed by atoms with E-state index >= 15 is 0 Å². The number of carbonyl (C=O) groups is 1.